The van der Waals surface area contributed by atoms with Crippen molar-refractivity contribution in [2.24, 2.45) is 0 Å². The molecule has 0 saturated heterocycles. The molecule has 1 aromatic heterocycles. The summed E-state index contributed by atoms with van der Waals surface area (Å²) in [6.45, 7) is 3.09. The maximum Gasteiger partial charge on any atom is 0.223 e. The van der Waals surface area contributed by atoms with Crippen molar-refractivity contribution in [1.82, 2.24) is 9.97 Å². The van der Waals surface area contributed by atoms with E-state index in [0.29, 0.717) is 5.95 Å². The van der Waals surface area contributed by atoms with Crippen LogP contribution in [0.1, 0.15) is 19.8 Å². The van der Waals surface area contributed by atoms with Crippen molar-refractivity contribution in [2.75, 3.05) is 30.9 Å². The van der Waals surface area contributed by atoms with Gasteiger partial charge in [0.05, 0.1) is 5.69 Å². The third-order valence-electron chi connectivity index (χ3n) is 3.15. The Morgan fingerprint density at radius 1 is 1.10 bits per heavy atom. The Balaban J connectivity index is 2.13. The highest BCUT2D eigenvalue weighted by atomic mass is 15.1. The molecule has 1 heterocycles. The van der Waals surface area contributed by atoms with Crippen molar-refractivity contribution < 1.29 is 0 Å². The first kappa shape index (κ1) is 14.3. The Morgan fingerprint density at radius 3 is 2.50 bits per heavy atom. The van der Waals surface area contributed by atoms with Gasteiger partial charge in [-0.1, -0.05) is 25.5 Å². The molecule has 0 aliphatic carbocycles. The molecular formula is C16H22N4. The number of hydrogen-bond acceptors (Lipinski definition) is 4. The van der Waals surface area contributed by atoms with Crippen molar-refractivity contribution in [2.45, 2.75) is 19.8 Å². The second-order valence-corrected chi connectivity index (χ2v) is 4.99. The van der Waals surface area contributed by atoms with Crippen LogP contribution in [0.15, 0.2) is 36.5 Å². The smallest absolute Gasteiger partial charge is 0.223 e. The van der Waals surface area contributed by atoms with Gasteiger partial charge in [-0.05, 0) is 24.6 Å². The van der Waals surface area contributed by atoms with Crippen LogP contribution in [0.5, 0.6) is 0 Å². The van der Waals surface area contributed by atoms with E-state index in [-0.39, 0.29) is 0 Å². The van der Waals surface area contributed by atoms with Crippen LogP contribution in [0.25, 0.3) is 11.3 Å². The molecule has 1 N–H and O–H groups in total. The fourth-order valence-electron chi connectivity index (χ4n) is 1.91. The highest BCUT2D eigenvalue weighted by Gasteiger charge is 2.03. The third-order valence-corrected chi connectivity index (χ3v) is 3.15. The highest BCUT2D eigenvalue weighted by Crippen LogP contribution is 2.21. The molecule has 4 heteroatoms. The Hall–Kier alpha value is -2.10. The number of hydrogen-bond donors (Lipinski definition) is 1. The summed E-state index contributed by atoms with van der Waals surface area (Å²) in [7, 11) is 4.07. The molecule has 2 rings (SSSR count). The minimum Gasteiger partial charge on any atom is -0.378 e. The Bertz CT molecular complexity index is 534. The topological polar surface area (TPSA) is 41.1 Å². The maximum atomic E-state index is 4.55. The van der Waals surface area contributed by atoms with Crippen molar-refractivity contribution in [3.63, 3.8) is 0 Å². The van der Waals surface area contributed by atoms with Crippen LogP contribution >= 0.6 is 0 Å². The van der Waals surface area contributed by atoms with Crippen LogP contribution in [0.2, 0.25) is 0 Å². The summed E-state index contributed by atoms with van der Waals surface area (Å²) in [5.41, 5.74) is 3.24. The lowest BCUT2D eigenvalue weighted by atomic mass is 10.1. The lowest BCUT2D eigenvalue weighted by Gasteiger charge is -2.12. The SMILES string of the molecule is CCCCNc1nccc(-c2ccc(N(C)C)cc2)n1. The van der Waals surface area contributed by atoms with E-state index in [4.69, 9.17) is 0 Å². The molecule has 0 amide bonds. The maximum absolute atomic E-state index is 4.55. The first-order valence-corrected chi connectivity index (χ1v) is 7.05. The Kier molecular flexibility index (Phi) is 4.93. The summed E-state index contributed by atoms with van der Waals surface area (Å²) >= 11 is 0. The van der Waals surface area contributed by atoms with Gasteiger partial charge >= 0.3 is 0 Å². The summed E-state index contributed by atoms with van der Waals surface area (Å²) in [4.78, 5) is 10.9. The highest BCUT2D eigenvalue weighted by molar-refractivity contribution is 5.63. The van der Waals surface area contributed by atoms with Crippen LogP contribution in [0, 0.1) is 0 Å². The molecule has 1 aromatic carbocycles. The standard InChI is InChI=1S/C16H22N4/c1-4-5-11-17-16-18-12-10-15(19-16)13-6-8-14(9-7-13)20(2)3/h6-10,12H,4-5,11H2,1-3H3,(H,17,18,19). The molecule has 0 atom stereocenters. The zero-order valence-corrected chi connectivity index (χ0v) is 12.4. The van der Waals surface area contributed by atoms with Crippen molar-refractivity contribution in [1.29, 1.82) is 0 Å². The number of unbranched alkanes of at least 4 members (excludes halogenated alkanes) is 1. The van der Waals surface area contributed by atoms with Crippen molar-refractivity contribution in [3.8, 4) is 11.3 Å². The van der Waals surface area contributed by atoms with Gasteiger partial charge < -0.3 is 10.2 Å². The molecule has 106 valence electrons. The van der Waals surface area contributed by atoms with Gasteiger partial charge in [-0.25, -0.2) is 9.97 Å². The number of nitrogens with one attached hydrogen (secondary N) is 1. The monoisotopic (exact) mass is 270 g/mol. The molecule has 0 bridgehead atoms. The first-order chi connectivity index (χ1) is 9.70. The predicted octanol–water partition coefficient (Wildman–Crippen LogP) is 3.42. The minimum atomic E-state index is 0.702. The summed E-state index contributed by atoms with van der Waals surface area (Å²) in [5.74, 6) is 0.702. The van der Waals surface area contributed by atoms with Gasteiger partial charge in [0, 0.05) is 38.1 Å². The molecule has 0 saturated carbocycles. The van der Waals surface area contributed by atoms with E-state index in [9.17, 15) is 0 Å². The van der Waals surface area contributed by atoms with Crippen molar-refractivity contribution in [3.05, 3.63) is 36.5 Å². The van der Waals surface area contributed by atoms with Gasteiger partial charge in [-0.2, -0.15) is 0 Å². The fourth-order valence-corrected chi connectivity index (χ4v) is 1.91. The average molecular weight is 270 g/mol. The third kappa shape index (κ3) is 3.70. The number of anilines is 2. The number of rotatable bonds is 6. The molecule has 0 radical (unpaired) electrons. The van der Waals surface area contributed by atoms with Gasteiger partial charge in [0.2, 0.25) is 5.95 Å². The van der Waals surface area contributed by atoms with Gasteiger partial charge in [0.25, 0.3) is 0 Å². The number of aromatic nitrogens is 2. The molecule has 0 fully saturated rings. The predicted molar refractivity (Wildman–Crippen MR) is 85.2 cm³/mol. The summed E-state index contributed by atoms with van der Waals surface area (Å²) in [6.07, 6.45) is 4.10. The Labute approximate surface area is 120 Å². The largest absolute Gasteiger partial charge is 0.378 e. The number of nitrogens with zero attached hydrogens (tertiary/aromatic N) is 3. The minimum absolute atomic E-state index is 0.702. The molecule has 0 aliphatic rings. The van der Waals surface area contributed by atoms with Gasteiger partial charge in [-0.3, -0.25) is 0 Å². The van der Waals surface area contributed by atoms with Crippen LogP contribution in [0.4, 0.5) is 11.6 Å². The van der Waals surface area contributed by atoms with E-state index >= 15 is 0 Å². The van der Waals surface area contributed by atoms with Gasteiger partial charge in [-0.15, -0.1) is 0 Å². The summed E-state index contributed by atoms with van der Waals surface area (Å²) in [6, 6.07) is 10.3. The first-order valence-electron chi connectivity index (χ1n) is 7.05. The average Bonchev–Trinajstić information content (AvgIpc) is 2.48. The normalized spacial score (nSPS) is 10.3. The van der Waals surface area contributed by atoms with Gasteiger partial charge in [0.1, 0.15) is 0 Å². The number of benzene rings is 1. The lowest BCUT2D eigenvalue weighted by Crippen LogP contribution is -2.08. The molecule has 0 spiro atoms. The van der Waals surface area contributed by atoms with Crippen LogP contribution in [-0.2, 0) is 0 Å². The Morgan fingerprint density at radius 2 is 1.85 bits per heavy atom. The second-order valence-electron chi connectivity index (χ2n) is 4.99. The molecule has 2 aromatic rings. The van der Waals surface area contributed by atoms with Crippen LogP contribution in [-0.4, -0.2) is 30.6 Å². The molecular weight excluding hydrogens is 248 g/mol. The molecule has 0 unspecified atom stereocenters. The van der Waals surface area contributed by atoms with Crippen LogP contribution < -0.4 is 10.2 Å². The molecule has 4 nitrogen and oxygen atoms in total. The van der Waals surface area contributed by atoms with E-state index in [0.717, 1.165) is 24.2 Å². The zero-order valence-electron chi connectivity index (χ0n) is 12.4. The lowest BCUT2D eigenvalue weighted by molar-refractivity contribution is 0.826. The quantitative estimate of drug-likeness (QED) is 0.817. The second kappa shape index (κ2) is 6.89. The van der Waals surface area contributed by atoms with Crippen molar-refractivity contribution >= 4 is 11.6 Å². The van der Waals surface area contributed by atoms with E-state index in [1.54, 1.807) is 6.20 Å². The van der Waals surface area contributed by atoms with E-state index < -0.39 is 0 Å². The fraction of sp³-hybridized carbons (Fsp3) is 0.375. The summed E-state index contributed by atoms with van der Waals surface area (Å²) in [5, 5.41) is 3.25. The molecule has 20 heavy (non-hydrogen) atoms. The zero-order chi connectivity index (χ0) is 14.4. The van der Waals surface area contributed by atoms with E-state index in [2.05, 4.69) is 51.4 Å². The van der Waals surface area contributed by atoms with E-state index in [1.807, 2.05) is 20.2 Å². The molecule has 0 aliphatic heterocycles. The van der Waals surface area contributed by atoms with Gasteiger partial charge in [0.15, 0.2) is 0 Å². The summed E-state index contributed by atoms with van der Waals surface area (Å²) < 4.78 is 0. The van der Waals surface area contributed by atoms with E-state index in [1.165, 1.54) is 12.1 Å². The van der Waals surface area contributed by atoms with Crippen LogP contribution in [0.3, 0.4) is 0 Å².